The zero-order valence-electron chi connectivity index (χ0n) is 11.5. The Morgan fingerprint density at radius 1 is 1.33 bits per heavy atom. The van der Waals surface area contributed by atoms with Gasteiger partial charge in [-0.15, -0.1) is 0 Å². The molecule has 2 rings (SSSR count). The van der Waals surface area contributed by atoms with Gasteiger partial charge in [-0.05, 0) is 49.6 Å². The first kappa shape index (κ1) is 13.8. The molecule has 2 nitrogen and oxygen atoms in total. The highest BCUT2D eigenvalue weighted by Crippen LogP contribution is 2.37. The van der Waals surface area contributed by atoms with Gasteiger partial charge in [-0.2, -0.15) is 11.8 Å². The van der Waals surface area contributed by atoms with Crippen molar-refractivity contribution in [1.82, 2.24) is 5.32 Å². The molecule has 1 aliphatic carbocycles. The lowest BCUT2D eigenvalue weighted by Gasteiger charge is -2.38. The van der Waals surface area contributed by atoms with E-state index in [2.05, 4.69) is 42.8 Å². The second-order valence-electron chi connectivity index (χ2n) is 5.16. The molecule has 1 aliphatic rings. The maximum atomic E-state index is 5.19. The highest BCUT2D eigenvalue weighted by atomic mass is 32.2. The van der Waals surface area contributed by atoms with E-state index in [1.54, 1.807) is 7.11 Å². The number of nitrogens with one attached hydrogen (secondary N) is 1. The van der Waals surface area contributed by atoms with Gasteiger partial charge in [-0.25, -0.2) is 0 Å². The molecule has 0 radical (unpaired) electrons. The van der Waals surface area contributed by atoms with Crippen molar-refractivity contribution in [2.45, 2.75) is 37.8 Å². The van der Waals surface area contributed by atoms with Crippen molar-refractivity contribution in [2.24, 2.45) is 0 Å². The van der Waals surface area contributed by atoms with Crippen molar-refractivity contribution in [3.05, 3.63) is 29.8 Å². The Bertz CT molecular complexity index is 359. The highest BCUT2D eigenvalue weighted by Gasteiger charge is 2.30. The monoisotopic (exact) mass is 265 g/mol. The van der Waals surface area contributed by atoms with Crippen LogP contribution in [0.2, 0.25) is 0 Å². The van der Waals surface area contributed by atoms with E-state index in [9.17, 15) is 0 Å². The molecule has 0 heterocycles. The molecule has 0 amide bonds. The number of ether oxygens (including phenoxy) is 1. The maximum absolute atomic E-state index is 5.19. The van der Waals surface area contributed by atoms with Crippen LogP contribution < -0.4 is 10.1 Å². The predicted molar refractivity (Wildman–Crippen MR) is 79.7 cm³/mol. The molecule has 0 aliphatic heterocycles. The van der Waals surface area contributed by atoms with Gasteiger partial charge in [-0.1, -0.05) is 12.1 Å². The summed E-state index contributed by atoms with van der Waals surface area (Å²) in [6, 6.07) is 9.86. The molecule has 3 heteroatoms. The normalized spacial score (nSPS) is 24.4. The van der Waals surface area contributed by atoms with E-state index in [1.807, 2.05) is 11.8 Å². The maximum Gasteiger partial charge on any atom is 0.118 e. The molecular weight excluding hydrogens is 242 g/mol. The number of benzene rings is 1. The van der Waals surface area contributed by atoms with Gasteiger partial charge in [-0.3, -0.25) is 0 Å². The quantitative estimate of drug-likeness (QED) is 0.853. The van der Waals surface area contributed by atoms with Gasteiger partial charge in [0.1, 0.15) is 5.75 Å². The third kappa shape index (κ3) is 3.42. The summed E-state index contributed by atoms with van der Waals surface area (Å²) in [7, 11) is 1.71. The molecule has 0 saturated heterocycles. The second-order valence-corrected chi connectivity index (χ2v) is 6.07. The average Bonchev–Trinajstić information content (AvgIpc) is 2.34. The largest absolute Gasteiger partial charge is 0.497 e. The van der Waals surface area contributed by atoms with Crippen LogP contribution in [0.5, 0.6) is 5.75 Å². The molecule has 100 valence electrons. The minimum absolute atomic E-state index is 0.627. The van der Waals surface area contributed by atoms with Crippen molar-refractivity contribution < 1.29 is 4.74 Å². The number of rotatable bonds is 6. The second kappa shape index (κ2) is 6.48. The summed E-state index contributed by atoms with van der Waals surface area (Å²) in [6.07, 6.45) is 4.70. The van der Waals surface area contributed by atoms with Gasteiger partial charge in [0.05, 0.1) is 7.11 Å². The number of methoxy groups -OCH3 is 1. The first-order valence-corrected chi connectivity index (χ1v) is 8.01. The summed E-state index contributed by atoms with van der Waals surface area (Å²) in [5.74, 6) is 2.88. The molecule has 0 aromatic heterocycles. The fraction of sp³-hybridized carbons (Fsp3) is 0.600. The number of hydrogen-bond acceptors (Lipinski definition) is 3. The van der Waals surface area contributed by atoms with Crippen LogP contribution in [0.1, 0.15) is 31.2 Å². The van der Waals surface area contributed by atoms with Crippen molar-refractivity contribution in [1.29, 1.82) is 0 Å². The highest BCUT2D eigenvalue weighted by molar-refractivity contribution is 7.98. The van der Waals surface area contributed by atoms with Gasteiger partial charge in [0, 0.05) is 17.8 Å². The molecule has 1 aromatic rings. The molecule has 1 N–H and O–H groups in total. The summed E-state index contributed by atoms with van der Waals surface area (Å²) >= 11 is 1.91. The lowest BCUT2D eigenvalue weighted by Crippen LogP contribution is -2.45. The Morgan fingerprint density at radius 3 is 2.56 bits per heavy atom. The molecule has 1 saturated carbocycles. The standard InChI is InChI=1S/C15H23NOS/c1-11(10-18-3)16-14-8-13(9-14)12-4-6-15(17-2)7-5-12/h4-7,11,13-14,16H,8-10H2,1-3H3. The third-order valence-electron chi connectivity index (χ3n) is 3.66. The van der Waals surface area contributed by atoms with Crippen molar-refractivity contribution in [3.8, 4) is 5.75 Å². The Hall–Kier alpha value is -0.670. The van der Waals surface area contributed by atoms with Gasteiger partial charge >= 0.3 is 0 Å². The van der Waals surface area contributed by atoms with E-state index in [1.165, 1.54) is 24.2 Å². The molecule has 1 unspecified atom stereocenters. The SMILES string of the molecule is COc1ccc(C2CC(NC(C)CSC)C2)cc1. The van der Waals surface area contributed by atoms with E-state index >= 15 is 0 Å². The van der Waals surface area contributed by atoms with E-state index < -0.39 is 0 Å². The van der Waals surface area contributed by atoms with Crippen molar-refractivity contribution in [2.75, 3.05) is 19.1 Å². The Morgan fingerprint density at radius 2 is 2.00 bits per heavy atom. The summed E-state index contributed by atoms with van der Waals surface area (Å²) < 4.78 is 5.19. The van der Waals surface area contributed by atoms with E-state index in [4.69, 9.17) is 4.74 Å². The minimum atomic E-state index is 0.627. The van der Waals surface area contributed by atoms with Gasteiger partial charge in [0.25, 0.3) is 0 Å². The van der Waals surface area contributed by atoms with Crippen LogP contribution in [0, 0.1) is 0 Å². The van der Waals surface area contributed by atoms with Gasteiger partial charge in [0.15, 0.2) is 0 Å². The molecule has 1 atom stereocenters. The number of thioether (sulfide) groups is 1. The smallest absolute Gasteiger partial charge is 0.118 e. The van der Waals surface area contributed by atoms with E-state index in [0.717, 1.165) is 11.7 Å². The third-order valence-corrected chi connectivity index (χ3v) is 4.50. The van der Waals surface area contributed by atoms with Crippen LogP contribution in [0.4, 0.5) is 0 Å². The van der Waals surface area contributed by atoms with Crippen molar-refractivity contribution in [3.63, 3.8) is 0 Å². The topological polar surface area (TPSA) is 21.3 Å². The summed E-state index contributed by atoms with van der Waals surface area (Å²) in [6.45, 7) is 2.28. The van der Waals surface area contributed by atoms with Crippen molar-refractivity contribution >= 4 is 11.8 Å². The van der Waals surface area contributed by atoms with Crippen LogP contribution >= 0.6 is 11.8 Å². The summed E-state index contributed by atoms with van der Waals surface area (Å²) in [5.41, 5.74) is 1.45. The van der Waals surface area contributed by atoms with Gasteiger partial charge in [0.2, 0.25) is 0 Å². The first-order valence-electron chi connectivity index (χ1n) is 6.62. The van der Waals surface area contributed by atoms with Crippen LogP contribution in [0.25, 0.3) is 0 Å². The molecule has 1 fully saturated rings. The summed E-state index contributed by atoms with van der Waals surface area (Å²) in [5, 5.41) is 3.69. The van der Waals surface area contributed by atoms with Crippen LogP contribution in [-0.4, -0.2) is 31.2 Å². The Labute approximate surface area is 114 Å². The first-order chi connectivity index (χ1) is 8.72. The summed E-state index contributed by atoms with van der Waals surface area (Å²) in [4.78, 5) is 0. The number of hydrogen-bond donors (Lipinski definition) is 1. The molecule has 18 heavy (non-hydrogen) atoms. The van der Waals surface area contributed by atoms with E-state index in [0.29, 0.717) is 12.1 Å². The fourth-order valence-electron chi connectivity index (χ4n) is 2.60. The minimum Gasteiger partial charge on any atom is -0.497 e. The lowest BCUT2D eigenvalue weighted by atomic mass is 9.75. The lowest BCUT2D eigenvalue weighted by molar-refractivity contribution is 0.276. The Balaban J connectivity index is 1.77. The zero-order valence-corrected chi connectivity index (χ0v) is 12.3. The van der Waals surface area contributed by atoms with E-state index in [-0.39, 0.29) is 0 Å². The Kier molecular flexibility index (Phi) is 4.95. The predicted octanol–water partition coefficient (Wildman–Crippen LogP) is 3.28. The molecular formula is C15H23NOS. The fourth-order valence-corrected chi connectivity index (χ4v) is 3.20. The zero-order chi connectivity index (χ0) is 13.0. The molecule has 0 bridgehead atoms. The van der Waals surface area contributed by atoms with Crippen LogP contribution in [0.15, 0.2) is 24.3 Å². The van der Waals surface area contributed by atoms with Crippen LogP contribution in [-0.2, 0) is 0 Å². The van der Waals surface area contributed by atoms with Crippen LogP contribution in [0.3, 0.4) is 0 Å². The average molecular weight is 265 g/mol. The van der Waals surface area contributed by atoms with Gasteiger partial charge < -0.3 is 10.1 Å². The molecule has 0 spiro atoms. The molecule has 1 aromatic carbocycles.